The van der Waals surface area contributed by atoms with Gasteiger partial charge in [0.1, 0.15) is 27.9 Å². The van der Waals surface area contributed by atoms with Crippen molar-refractivity contribution in [2.24, 2.45) is 5.14 Å². The first-order chi connectivity index (χ1) is 15.9. The van der Waals surface area contributed by atoms with Crippen LogP contribution in [0.4, 0.5) is 17.6 Å². The van der Waals surface area contributed by atoms with Gasteiger partial charge in [-0.3, -0.25) is 0 Å². The summed E-state index contributed by atoms with van der Waals surface area (Å²) in [7, 11) is -4.46. The predicted octanol–water partition coefficient (Wildman–Crippen LogP) is 4.62. The van der Waals surface area contributed by atoms with Gasteiger partial charge in [0.05, 0.1) is 11.3 Å². The molecule has 0 saturated carbocycles. The lowest BCUT2D eigenvalue weighted by atomic mass is 10.1. The van der Waals surface area contributed by atoms with Gasteiger partial charge in [0.2, 0.25) is 10.0 Å². The quantitative estimate of drug-likeness (QED) is 0.323. The number of fused-ring (bicyclic) bond motifs is 1. The van der Waals surface area contributed by atoms with Crippen LogP contribution in [0.25, 0.3) is 16.9 Å². The van der Waals surface area contributed by atoms with Gasteiger partial charge < -0.3 is 0 Å². The number of sulfonamides is 1. The Balaban J connectivity index is 1.82. The molecule has 0 unspecified atom stereocenters. The summed E-state index contributed by atoms with van der Waals surface area (Å²) < 4.78 is 79.1. The molecule has 174 valence electrons. The SMILES string of the molecule is Cc1cc(-c2cc(C(F)F)n3nc(C#Cc4cc(S(N)(=O)=O)c(F)cc4F)cc3n2)ccc1Cl. The number of hydrogen-bond acceptors (Lipinski definition) is 4. The van der Waals surface area contributed by atoms with Crippen LogP contribution in [0, 0.1) is 30.4 Å². The lowest BCUT2D eigenvalue weighted by Crippen LogP contribution is -2.14. The standard InChI is InChI=1S/C22H13ClF4N4O2S/c1-11-6-13(3-5-15(11)23)18-10-19(22(26)27)31-21(29-18)8-14(30-31)4-2-12-7-20(34(28,32)33)17(25)9-16(12)24/h3,5-10,22H,1H3,(H2,28,32,33). The molecule has 2 aromatic carbocycles. The minimum atomic E-state index is -4.46. The molecule has 2 N–H and O–H groups in total. The lowest BCUT2D eigenvalue weighted by Gasteiger charge is -2.08. The van der Waals surface area contributed by atoms with E-state index in [1.807, 2.05) is 0 Å². The second-order valence-electron chi connectivity index (χ2n) is 7.19. The zero-order valence-corrected chi connectivity index (χ0v) is 18.7. The molecule has 0 aliphatic heterocycles. The van der Waals surface area contributed by atoms with E-state index in [1.54, 1.807) is 25.1 Å². The summed E-state index contributed by atoms with van der Waals surface area (Å²) in [4.78, 5) is 3.41. The van der Waals surface area contributed by atoms with Crippen LogP contribution in [0.3, 0.4) is 0 Å². The summed E-state index contributed by atoms with van der Waals surface area (Å²) in [6, 6.07) is 8.43. The maximum Gasteiger partial charge on any atom is 0.280 e. The Morgan fingerprint density at radius 2 is 1.79 bits per heavy atom. The maximum atomic E-state index is 14.1. The summed E-state index contributed by atoms with van der Waals surface area (Å²) in [5.74, 6) is 2.27. The second-order valence-corrected chi connectivity index (χ2v) is 9.13. The third kappa shape index (κ3) is 4.61. The average molecular weight is 509 g/mol. The number of nitrogens with two attached hydrogens (primary N) is 1. The van der Waals surface area contributed by atoms with Gasteiger partial charge in [-0.15, -0.1) is 0 Å². The highest BCUT2D eigenvalue weighted by atomic mass is 35.5. The van der Waals surface area contributed by atoms with Crippen molar-refractivity contribution in [3.8, 4) is 23.1 Å². The topological polar surface area (TPSA) is 90.4 Å². The van der Waals surface area contributed by atoms with Crippen molar-refractivity contribution in [3.63, 3.8) is 0 Å². The van der Waals surface area contributed by atoms with Crippen LogP contribution in [0.15, 0.2) is 47.4 Å². The van der Waals surface area contributed by atoms with Crippen LogP contribution in [0.5, 0.6) is 0 Å². The molecule has 0 fully saturated rings. The van der Waals surface area contributed by atoms with Gasteiger partial charge in [-0.2, -0.15) is 5.10 Å². The fourth-order valence-corrected chi connectivity index (χ4v) is 3.87. The van der Waals surface area contributed by atoms with E-state index in [1.165, 1.54) is 12.1 Å². The van der Waals surface area contributed by atoms with E-state index in [0.717, 1.165) is 10.1 Å². The third-order valence-corrected chi connectivity index (χ3v) is 6.14. The van der Waals surface area contributed by atoms with E-state index in [4.69, 9.17) is 16.7 Å². The Labute approximate surface area is 196 Å². The summed E-state index contributed by atoms with van der Waals surface area (Å²) in [5, 5.41) is 9.41. The number of primary sulfonamides is 1. The van der Waals surface area contributed by atoms with E-state index >= 15 is 0 Å². The monoisotopic (exact) mass is 508 g/mol. The molecule has 0 bridgehead atoms. The van der Waals surface area contributed by atoms with Gasteiger partial charge >= 0.3 is 0 Å². The minimum Gasteiger partial charge on any atom is -0.228 e. The molecule has 2 aromatic heterocycles. The molecule has 6 nitrogen and oxygen atoms in total. The van der Waals surface area contributed by atoms with E-state index in [0.29, 0.717) is 22.7 Å². The van der Waals surface area contributed by atoms with E-state index < -0.39 is 44.2 Å². The zero-order valence-electron chi connectivity index (χ0n) is 17.2. The molecule has 0 amide bonds. The number of aryl methyl sites for hydroxylation is 1. The summed E-state index contributed by atoms with van der Waals surface area (Å²) in [6.07, 6.45) is -2.90. The molecule has 0 atom stereocenters. The Kier molecular flexibility index (Phi) is 6.07. The molecule has 12 heteroatoms. The first-order valence-corrected chi connectivity index (χ1v) is 11.4. The molecule has 0 spiro atoms. The molecule has 0 saturated heterocycles. The minimum absolute atomic E-state index is 0.0505. The molecular weight excluding hydrogens is 496 g/mol. The highest BCUT2D eigenvalue weighted by Gasteiger charge is 2.19. The molecule has 34 heavy (non-hydrogen) atoms. The van der Waals surface area contributed by atoms with Gasteiger partial charge in [0.15, 0.2) is 5.65 Å². The Bertz CT molecular complexity index is 1630. The van der Waals surface area contributed by atoms with Crippen LogP contribution in [-0.4, -0.2) is 23.0 Å². The zero-order chi connectivity index (χ0) is 24.8. The molecule has 4 aromatic rings. The summed E-state index contributed by atoms with van der Waals surface area (Å²) >= 11 is 6.03. The van der Waals surface area contributed by atoms with Crippen LogP contribution in [0.1, 0.15) is 28.9 Å². The van der Waals surface area contributed by atoms with Crippen LogP contribution >= 0.6 is 11.6 Å². The van der Waals surface area contributed by atoms with Crippen molar-refractivity contribution >= 4 is 27.3 Å². The summed E-state index contributed by atoms with van der Waals surface area (Å²) in [5.41, 5.74) is 0.620. The lowest BCUT2D eigenvalue weighted by molar-refractivity contribution is 0.143. The molecule has 0 aliphatic rings. The number of alkyl halides is 2. The van der Waals surface area contributed by atoms with Gasteiger partial charge in [0.25, 0.3) is 6.43 Å². The molecule has 4 rings (SSSR count). The smallest absolute Gasteiger partial charge is 0.228 e. The number of halogens is 5. The largest absolute Gasteiger partial charge is 0.280 e. The van der Waals surface area contributed by atoms with Crippen molar-refractivity contribution in [3.05, 3.63) is 81.6 Å². The van der Waals surface area contributed by atoms with Gasteiger partial charge in [-0.25, -0.2) is 40.6 Å². The Hall–Kier alpha value is -3.46. The number of benzene rings is 2. The average Bonchev–Trinajstić information content (AvgIpc) is 3.16. The molecule has 2 heterocycles. The third-order valence-electron chi connectivity index (χ3n) is 4.79. The highest BCUT2D eigenvalue weighted by Crippen LogP contribution is 2.28. The fourth-order valence-electron chi connectivity index (χ4n) is 3.14. The summed E-state index contributed by atoms with van der Waals surface area (Å²) in [6.45, 7) is 1.76. The predicted molar refractivity (Wildman–Crippen MR) is 117 cm³/mol. The number of nitrogens with zero attached hydrogens (tertiary/aromatic N) is 3. The molecule has 0 aliphatic carbocycles. The van der Waals surface area contributed by atoms with Crippen LogP contribution in [-0.2, 0) is 10.0 Å². The fraction of sp³-hybridized carbons (Fsp3) is 0.0909. The Morgan fingerprint density at radius 1 is 1.06 bits per heavy atom. The van der Waals surface area contributed by atoms with E-state index in [-0.39, 0.29) is 17.0 Å². The number of rotatable bonds is 3. The Morgan fingerprint density at radius 3 is 2.44 bits per heavy atom. The van der Waals surface area contributed by atoms with E-state index in [9.17, 15) is 26.0 Å². The van der Waals surface area contributed by atoms with Crippen molar-refractivity contribution in [2.45, 2.75) is 18.2 Å². The normalized spacial score (nSPS) is 11.6. The first kappa shape index (κ1) is 23.7. The number of aromatic nitrogens is 3. The van der Waals surface area contributed by atoms with Crippen molar-refractivity contribution in [2.75, 3.05) is 0 Å². The number of hydrogen-bond donors (Lipinski definition) is 1. The van der Waals surface area contributed by atoms with Gasteiger partial charge in [0, 0.05) is 22.7 Å². The first-order valence-electron chi connectivity index (χ1n) is 9.43. The molecule has 0 radical (unpaired) electrons. The molecular formula is C22H13ClF4N4O2S. The van der Waals surface area contributed by atoms with Gasteiger partial charge in [-0.1, -0.05) is 23.6 Å². The van der Waals surface area contributed by atoms with Crippen molar-refractivity contribution < 1.29 is 26.0 Å². The van der Waals surface area contributed by atoms with E-state index in [2.05, 4.69) is 21.9 Å². The highest BCUT2D eigenvalue weighted by molar-refractivity contribution is 7.89. The van der Waals surface area contributed by atoms with Crippen LogP contribution < -0.4 is 5.14 Å². The van der Waals surface area contributed by atoms with Crippen LogP contribution in [0.2, 0.25) is 5.02 Å². The van der Waals surface area contributed by atoms with Gasteiger partial charge in [-0.05, 0) is 42.7 Å². The van der Waals surface area contributed by atoms with Crippen molar-refractivity contribution in [1.29, 1.82) is 0 Å². The van der Waals surface area contributed by atoms with Crippen molar-refractivity contribution in [1.82, 2.24) is 14.6 Å². The maximum absolute atomic E-state index is 14.1. The second kappa shape index (κ2) is 8.72.